The SMILES string of the molecule is CCC(CC)Oc1cccc(OC)c1. The van der Waals surface area contributed by atoms with Crippen molar-refractivity contribution in [1.29, 1.82) is 0 Å². The molecule has 1 aromatic rings. The molecule has 0 heterocycles. The van der Waals surface area contributed by atoms with Crippen molar-refractivity contribution in [3.63, 3.8) is 0 Å². The smallest absolute Gasteiger partial charge is 0.123 e. The molecule has 0 radical (unpaired) electrons. The fourth-order valence-corrected chi connectivity index (χ4v) is 1.32. The van der Waals surface area contributed by atoms with E-state index in [0.717, 1.165) is 24.3 Å². The van der Waals surface area contributed by atoms with Gasteiger partial charge in [0.1, 0.15) is 11.5 Å². The lowest BCUT2D eigenvalue weighted by molar-refractivity contribution is 0.192. The molecule has 14 heavy (non-hydrogen) atoms. The van der Waals surface area contributed by atoms with Crippen LogP contribution in [0, 0.1) is 0 Å². The molecule has 0 spiro atoms. The van der Waals surface area contributed by atoms with E-state index >= 15 is 0 Å². The normalized spacial score (nSPS) is 10.3. The number of benzene rings is 1. The van der Waals surface area contributed by atoms with Gasteiger partial charge < -0.3 is 9.47 Å². The molecule has 0 aliphatic rings. The first-order valence-corrected chi connectivity index (χ1v) is 5.10. The Bertz CT molecular complexity index is 267. The molecule has 0 unspecified atom stereocenters. The minimum Gasteiger partial charge on any atom is -0.497 e. The summed E-state index contributed by atoms with van der Waals surface area (Å²) in [4.78, 5) is 0. The summed E-state index contributed by atoms with van der Waals surface area (Å²) >= 11 is 0. The van der Waals surface area contributed by atoms with Gasteiger partial charge in [0.15, 0.2) is 0 Å². The lowest BCUT2D eigenvalue weighted by Gasteiger charge is -2.15. The van der Waals surface area contributed by atoms with Crippen molar-refractivity contribution in [2.75, 3.05) is 7.11 Å². The highest BCUT2D eigenvalue weighted by Crippen LogP contribution is 2.21. The fourth-order valence-electron chi connectivity index (χ4n) is 1.32. The number of ether oxygens (including phenoxy) is 2. The van der Waals surface area contributed by atoms with E-state index in [2.05, 4.69) is 13.8 Å². The van der Waals surface area contributed by atoms with Crippen molar-refractivity contribution in [2.45, 2.75) is 32.8 Å². The summed E-state index contributed by atoms with van der Waals surface area (Å²) in [7, 11) is 1.66. The van der Waals surface area contributed by atoms with Crippen LogP contribution in [0.5, 0.6) is 11.5 Å². The summed E-state index contributed by atoms with van der Waals surface area (Å²) in [6, 6.07) is 7.73. The van der Waals surface area contributed by atoms with E-state index in [9.17, 15) is 0 Å². The van der Waals surface area contributed by atoms with Crippen LogP contribution in [0.2, 0.25) is 0 Å². The maximum atomic E-state index is 5.78. The summed E-state index contributed by atoms with van der Waals surface area (Å²) in [6.07, 6.45) is 2.38. The molecular weight excluding hydrogens is 176 g/mol. The molecular formula is C12H18O2. The van der Waals surface area contributed by atoms with Gasteiger partial charge in [-0.25, -0.2) is 0 Å². The second kappa shape index (κ2) is 5.53. The Morgan fingerprint density at radius 1 is 1.14 bits per heavy atom. The summed E-state index contributed by atoms with van der Waals surface area (Å²) in [5.74, 6) is 1.73. The maximum Gasteiger partial charge on any atom is 0.123 e. The minimum atomic E-state index is 0.308. The first kappa shape index (κ1) is 10.9. The van der Waals surface area contributed by atoms with Crippen LogP contribution in [0.25, 0.3) is 0 Å². The predicted octanol–water partition coefficient (Wildman–Crippen LogP) is 3.26. The number of hydrogen-bond donors (Lipinski definition) is 0. The highest BCUT2D eigenvalue weighted by molar-refractivity contribution is 5.32. The van der Waals surface area contributed by atoms with Crippen LogP contribution in [-0.2, 0) is 0 Å². The van der Waals surface area contributed by atoms with E-state index in [0.29, 0.717) is 6.10 Å². The van der Waals surface area contributed by atoms with E-state index in [1.807, 2.05) is 24.3 Å². The van der Waals surface area contributed by atoms with E-state index in [-0.39, 0.29) is 0 Å². The quantitative estimate of drug-likeness (QED) is 0.716. The topological polar surface area (TPSA) is 18.5 Å². The van der Waals surface area contributed by atoms with Gasteiger partial charge in [-0.15, -0.1) is 0 Å². The van der Waals surface area contributed by atoms with Crippen LogP contribution >= 0.6 is 0 Å². The number of rotatable bonds is 5. The van der Waals surface area contributed by atoms with Gasteiger partial charge >= 0.3 is 0 Å². The Balaban J connectivity index is 2.65. The molecule has 78 valence electrons. The zero-order chi connectivity index (χ0) is 10.4. The Morgan fingerprint density at radius 3 is 2.36 bits per heavy atom. The van der Waals surface area contributed by atoms with Crippen LogP contribution in [0.15, 0.2) is 24.3 Å². The van der Waals surface area contributed by atoms with Crippen molar-refractivity contribution < 1.29 is 9.47 Å². The second-order valence-corrected chi connectivity index (χ2v) is 3.24. The van der Waals surface area contributed by atoms with Gasteiger partial charge in [-0.1, -0.05) is 19.9 Å². The third kappa shape index (κ3) is 2.95. The van der Waals surface area contributed by atoms with Crippen molar-refractivity contribution in [2.24, 2.45) is 0 Å². The van der Waals surface area contributed by atoms with E-state index in [1.54, 1.807) is 7.11 Å². The van der Waals surface area contributed by atoms with Crippen LogP contribution in [0.1, 0.15) is 26.7 Å². The Kier molecular flexibility index (Phi) is 4.30. The van der Waals surface area contributed by atoms with Crippen molar-refractivity contribution in [3.8, 4) is 11.5 Å². The van der Waals surface area contributed by atoms with Gasteiger partial charge in [0.25, 0.3) is 0 Å². The van der Waals surface area contributed by atoms with Crippen molar-refractivity contribution >= 4 is 0 Å². The second-order valence-electron chi connectivity index (χ2n) is 3.24. The highest BCUT2D eigenvalue weighted by Gasteiger charge is 2.05. The van der Waals surface area contributed by atoms with Crippen molar-refractivity contribution in [3.05, 3.63) is 24.3 Å². The van der Waals surface area contributed by atoms with Gasteiger partial charge in [-0.2, -0.15) is 0 Å². The Hall–Kier alpha value is -1.18. The Labute approximate surface area is 85.8 Å². The standard InChI is InChI=1S/C12H18O2/c1-4-10(5-2)14-12-8-6-7-11(9-12)13-3/h6-10H,4-5H2,1-3H3. The first-order valence-electron chi connectivity index (χ1n) is 5.10. The van der Waals surface area contributed by atoms with E-state index in [4.69, 9.17) is 9.47 Å². The molecule has 0 N–H and O–H groups in total. The Morgan fingerprint density at radius 2 is 1.79 bits per heavy atom. The zero-order valence-corrected chi connectivity index (χ0v) is 9.12. The molecule has 0 fully saturated rings. The molecule has 0 saturated heterocycles. The van der Waals surface area contributed by atoms with Crippen molar-refractivity contribution in [1.82, 2.24) is 0 Å². The molecule has 0 aliphatic heterocycles. The molecule has 0 amide bonds. The third-order valence-electron chi connectivity index (χ3n) is 2.25. The first-order chi connectivity index (χ1) is 6.80. The van der Waals surface area contributed by atoms with Crippen LogP contribution in [0.3, 0.4) is 0 Å². The van der Waals surface area contributed by atoms with Gasteiger partial charge in [0, 0.05) is 6.07 Å². The van der Waals surface area contributed by atoms with Crippen LogP contribution in [-0.4, -0.2) is 13.2 Å². The molecule has 0 bridgehead atoms. The minimum absolute atomic E-state index is 0.308. The van der Waals surface area contributed by atoms with E-state index in [1.165, 1.54) is 0 Å². The summed E-state index contributed by atoms with van der Waals surface area (Å²) in [6.45, 7) is 4.27. The van der Waals surface area contributed by atoms with Gasteiger partial charge in [0.2, 0.25) is 0 Å². The van der Waals surface area contributed by atoms with Gasteiger partial charge in [-0.05, 0) is 25.0 Å². The summed E-state index contributed by atoms with van der Waals surface area (Å²) in [5, 5.41) is 0. The van der Waals surface area contributed by atoms with Crippen LogP contribution in [0.4, 0.5) is 0 Å². The summed E-state index contributed by atoms with van der Waals surface area (Å²) < 4.78 is 10.9. The molecule has 1 rings (SSSR count). The van der Waals surface area contributed by atoms with Crippen LogP contribution < -0.4 is 9.47 Å². The molecule has 0 aliphatic carbocycles. The fraction of sp³-hybridized carbons (Fsp3) is 0.500. The van der Waals surface area contributed by atoms with Gasteiger partial charge in [-0.3, -0.25) is 0 Å². The largest absolute Gasteiger partial charge is 0.497 e. The molecule has 0 atom stereocenters. The van der Waals surface area contributed by atoms with Gasteiger partial charge in [0.05, 0.1) is 13.2 Å². The monoisotopic (exact) mass is 194 g/mol. The average molecular weight is 194 g/mol. The molecule has 1 aromatic carbocycles. The molecule has 0 aromatic heterocycles. The molecule has 2 nitrogen and oxygen atoms in total. The highest BCUT2D eigenvalue weighted by atomic mass is 16.5. The number of methoxy groups -OCH3 is 1. The lowest BCUT2D eigenvalue weighted by atomic mass is 10.2. The maximum absolute atomic E-state index is 5.78. The molecule has 0 saturated carbocycles. The lowest BCUT2D eigenvalue weighted by Crippen LogP contribution is -2.13. The predicted molar refractivity (Wildman–Crippen MR) is 58.0 cm³/mol. The van der Waals surface area contributed by atoms with E-state index < -0.39 is 0 Å². The number of hydrogen-bond acceptors (Lipinski definition) is 2. The third-order valence-corrected chi connectivity index (χ3v) is 2.25. The summed E-state index contributed by atoms with van der Waals surface area (Å²) in [5.41, 5.74) is 0. The molecule has 2 heteroatoms. The average Bonchev–Trinajstić information content (AvgIpc) is 2.26. The zero-order valence-electron chi connectivity index (χ0n) is 9.12.